The highest BCUT2D eigenvalue weighted by Gasteiger charge is 2.29. The van der Waals surface area contributed by atoms with E-state index >= 15 is 0 Å². The zero-order valence-corrected chi connectivity index (χ0v) is 11.7. The molecule has 0 fully saturated rings. The molecule has 0 amide bonds. The second kappa shape index (κ2) is 8.43. The van der Waals surface area contributed by atoms with Gasteiger partial charge in [0.1, 0.15) is 4.75 Å². The minimum atomic E-state index is -0.946. The highest BCUT2D eigenvalue weighted by Crippen LogP contribution is 2.34. The molecule has 0 aliphatic rings. The Kier molecular flexibility index (Phi) is 8.09. The van der Waals surface area contributed by atoms with Crippen molar-refractivity contribution in [3.05, 3.63) is 0 Å². The van der Waals surface area contributed by atoms with Crippen LogP contribution in [-0.4, -0.2) is 26.0 Å². The normalized spacial score (nSPS) is 13.7. The molecule has 0 spiro atoms. The second-order valence-corrected chi connectivity index (χ2v) is 6.59. The van der Waals surface area contributed by atoms with Gasteiger partial charge >= 0.3 is 5.97 Å². The molecule has 0 aliphatic heterocycles. The van der Waals surface area contributed by atoms with Gasteiger partial charge < -0.3 is 5.11 Å². The van der Waals surface area contributed by atoms with Crippen LogP contribution in [-0.2, 0) is 4.79 Å². The van der Waals surface area contributed by atoms with Crippen LogP contribution in [0.3, 0.4) is 0 Å². The summed E-state index contributed by atoms with van der Waals surface area (Å²) in [5, 5.41) is 17.6. The Morgan fingerprint density at radius 3 is 2.59 bits per heavy atom. The molecule has 17 heavy (non-hydrogen) atoms. The lowest BCUT2D eigenvalue weighted by Crippen LogP contribution is -2.20. The van der Waals surface area contributed by atoms with Crippen LogP contribution in [0, 0.1) is 11.3 Å². The Labute approximate surface area is 110 Å². The molecule has 0 heterocycles. The van der Waals surface area contributed by atoms with Gasteiger partial charge in [-0.3, -0.25) is 9.59 Å². The van der Waals surface area contributed by atoms with Crippen LogP contribution in [0.15, 0.2) is 0 Å². The molecule has 0 bridgehead atoms. The number of carbonyl (C=O) groups excluding carboxylic acids is 1. The summed E-state index contributed by atoms with van der Waals surface area (Å²) in [6.45, 7) is 3.66. The van der Waals surface area contributed by atoms with Gasteiger partial charge in [-0.25, -0.2) is 0 Å². The third-order valence-electron chi connectivity index (χ3n) is 2.08. The van der Waals surface area contributed by atoms with Gasteiger partial charge in [0.2, 0.25) is 4.45 Å². The van der Waals surface area contributed by atoms with Crippen molar-refractivity contribution in [2.75, 3.05) is 5.75 Å². The molecule has 0 aromatic heterocycles. The second-order valence-electron chi connectivity index (χ2n) is 3.79. The van der Waals surface area contributed by atoms with Gasteiger partial charge in [-0.1, -0.05) is 36.9 Å². The van der Waals surface area contributed by atoms with Gasteiger partial charge in [-0.05, 0) is 19.8 Å². The van der Waals surface area contributed by atoms with Gasteiger partial charge in [-0.2, -0.15) is 5.26 Å². The van der Waals surface area contributed by atoms with E-state index in [1.54, 1.807) is 6.92 Å². The van der Waals surface area contributed by atoms with E-state index in [2.05, 4.69) is 0 Å². The van der Waals surface area contributed by atoms with E-state index in [1.807, 2.05) is 13.0 Å². The van der Waals surface area contributed by atoms with E-state index in [0.717, 1.165) is 30.4 Å². The van der Waals surface area contributed by atoms with Crippen LogP contribution in [0.4, 0.5) is 4.79 Å². The smallest absolute Gasteiger partial charge is 0.303 e. The van der Waals surface area contributed by atoms with Crippen molar-refractivity contribution in [2.24, 2.45) is 0 Å². The number of carboxylic acids is 1. The zero-order chi connectivity index (χ0) is 13.3. The molecule has 0 saturated carbocycles. The van der Waals surface area contributed by atoms with Crippen LogP contribution in [0.25, 0.3) is 0 Å². The number of carboxylic acid groups (broad SMARTS) is 1. The Bertz CT molecular complexity index is 314. The van der Waals surface area contributed by atoms with E-state index < -0.39 is 10.7 Å². The van der Waals surface area contributed by atoms with Crippen LogP contribution in [0.5, 0.6) is 0 Å². The third-order valence-corrected chi connectivity index (χ3v) is 4.32. The standard InChI is InChI=1S/C11H17NO3S2/c1-3-4-7-16-10(15)17-11(2,8-12)6-5-9(13)14/h3-7H2,1-2H3,(H,13,14). The summed E-state index contributed by atoms with van der Waals surface area (Å²) in [6.07, 6.45) is 2.09. The fourth-order valence-corrected chi connectivity index (χ4v) is 3.24. The minimum Gasteiger partial charge on any atom is -0.481 e. The van der Waals surface area contributed by atoms with Crippen molar-refractivity contribution >= 4 is 33.9 Å². The van der Waals surface area contributed by atoms with Crippen molar-refractivity contribution < 1.29 is 14.7 Å². The highest BCUT2D eigenvalue weighted by molar-refractivity contribution is 8.39. The average molecular weight is 275 g/mol. The van der Waals surface area contributed by atoms with E-state index in [4.69, 9.17) is 10.4 Å². The minimum absolute atomic E-state index is 0.0933. The molecule has 0 aromatic rings. The third kappa shape index (κ3) is 8.11. The van der Waals surface area contributed by atoms with Crippen molar-refractivity contribution in [3.63, 3.8) is 0 Å². The van der Waals surface area contributed by atoms with Crippen molar-refractivity contribution in [3.8, 4) is 6.07 Å². The molecule has 1 unspecified atom stereocenters. The number of carbonyl (C=O) groups is 2. The lowest BCUT2D eigenvalue weighted by atomic mass is 10.1. The fourth-order valence-electron chi connectivity index (χ4n) is 0.988. The molecule has 1 atom stereocenters. The lowest BCUT2D eigenvalue weighted by molar-refractivity contribution is -0.137. The Hall–Kier alpha value is -0.670. The van der Waals surface area contributed by atoms with Crippen molar-refractivity contribution in [2.45, 2.75) is 44.3 Å². The SMILES string of the molecule is CCCCSC(=O)SC(C)(C#N)CCC(=O)O. The Morgan fingerprint density at radius 2 is 2.12 bits per heavy atom. The summed E-state index contributed by atoms with van der Waals surface area (Å²) in [7, 11) is 0. The van der Waals surface area contributed by atoms with Crippen LogP contribution in [0.1, 0.15) is 39.5 Å². The molecule has 0 aliphatic carbocycles. The van der Waals surface area contributed by atoms with E-state index in [0.29, 0.717) is 0 Å². The molecular formula is C11H17NO3S2. The van der Waals surface area contributed by atoms with E-state index in [1.165, 1.54) is 11.8 Å². The summed E-state index contributed by atoms with van der Waals surface area (Å²) >= 11 is 2.14. The molecular weight excluding hydrogens is 258 g/mol. The van der Waals surface area contributed by atoms with Gasteiger partial charge in [0.25, 0.3) is 0 Å². The summed E-state index contributed by atoms with van der Waals surface area (Å²) in [5.41, 5.74) is 0. The number of hydrogen-bond acceptors (Lipinski definition) is 5. The number of nitrogens with zero attached hydrogens (tertiary/aromatic N) is 1. The summed E-state index contributed by atoms with van der Waals surface area (Å²) in [4.78, 5) is 22.0. The first-order chi connectivity index (χ1) is 7.93. The van der Waals surface area contributed by atoms with Gasteiger partial charge in [-0.15, -0.1) is 0 Å². The summed E-state index contributed by atoms with van der Waals surface area (Å²) < 4.78 is -1.04. The predicted octanol–water partition coefficient (Wildman–Crippen LogP) is 3.52. The molecule has 6 heteroatoms. The molecule has 0 saturated heterocycles. The monoisotopic (exact) mass is 275 g/mol. The zero-order valence-electron chi connectivity index (χ0n) is 10.1. The average Bonchev–Trinajstić information content (AvgIpc) is 2.27. The molecule has 4 nitrogen and oxygen atoms in total. The van der Waals surface area contributed by atoms with Gasteiger partial charge in [0, 0.05) is 12.2 Å². The number of nitriles is 1. The van der Waals surface area contributed by atoms with Gasteiger partial charge in [0.15, 0.2) is 0 Å². The predicted molar refractivity (Wildman–Crippen MR) is 71.2 cm³/mol. The van der Waals surface area contributed by atoms with Crippen molar-refractivity contribution in [1.29, 1.82) is 5.26 Å². The van der Waals surface area contributed by atoms with Crippen LogP contribution >= 0.6 is 23.5 Å². The van der Waals surface area contributed by atoms with E-state index in [-0.39, 0.29) is 17.3 Å². The molecule has 1 N–H and O–H groups in total. The number of unbranched alkanes of at least 4 members (excludes halogenated alkanes) is 1. The largest absolute Gasteiger partial charge is 0.481 e. The fraction of sp³-hybridized carbons (Fsp3) is 0.727. The number of thioether (sulfide) groups is 2. The summed E-state index contributed by atoms with van der Waals surface area (Å²) in [5.74, 6) is -0.193. The molecule has 0 radical (unpaired) electrons. The maximum absolute atomic E-state index is 11.6. The molecule has 96 valence electrons. The number of hydrogen-bond donors (Lipinski definition) is 1. The first-order valence-electron chi connectivity index (χ1n) is 5.42. The highest BCUT2D eigenvalue weighted by atomic mass is 32.2. The van der Waals surface area contributed by atoms with Crippen LogP contribution in [0.2, 0.25) is 0 Å². The van der Waals surface area contributed by atoms with Crippen molar-refractivity contribution in [1.82, 2.24) is 0 Å². The first kappa shape index (κ1) is 16.3. The Balaban J connectivity index is 4.14. The lowest BCUT2D eigenvalue weighted by Gasteiger charge is -2.18. The molecule has 0 rings (SSSR count). The Morgan fingerprint density at radius 1 is 1.47 bits per heavy atom. The maximum Gasteiger partial charge on any atom is 0.303 e. The topological polar surface area (TPSA) is 78.2 Å². The first-order valence-corrected chi connectivity index (χ1v) is 7.22. The van der Waals surface area contributed by atoms with Gasteiger partial charge in [0.05, 0.1) is 6.07 Å². The number of aliphatic carboxylic acids is 1. The summed E-state index contributed by atoms with van der Waals surface area (Å²) in [6, 6.07) is 2.02. The van der Waals surface area contributed by atoms with Crippen LogP contribution < -0.4 is 0 Å². The number of rotatable bonds is 7. The quantitative estimate of drug-likeness (QED) is 0.716. The maximum atomic E-state index is 11.6. The van der Waals surface area contributed by atoms with E-state index in [9.17, 15) is 9.59 Å². The molecule has 0 aromatic carbocycles.